The van der Waals surface area contributed by atoms with Crippen molar-refractivity contribution in [2.24, 2.45) is 11.7 Å². The fourth-order valence-electron chi connectivity index (χ4n) is 1.99. The normalized spacial score (nSPS) is 12.7. The molecule has 1 unspecified atom stereocenters. The van der Waals surface area contributed by atoms with Crippen LogP contribution in [0.15, 0.2) is 18.2 Å². The standard InChI is InChI=1S/C15H26N2/c1-4-14(10-16)11-17-8-7-15-9-12(2)5-6-13(15)3/h5-6,9,14,17H,4,7-8,10-11,16H2,1-3H3. The van der Waals surface area contributed by atoms with Gasteiger partial charge in [0.25, 0.3) is 0 Å². The van der Waals surface area contributed by atoms with E-state index in [1.165, 1.54) is 16.7 Å². The quantitative estimate of drug-likeness (QED) is 0.711. The third-order valence-corrected chi connectivity index (χ3v) is 3.42. The van der Waals surface area contributed by atoms with Crippen molar-refractivity contribution >= 4 is 0 Å². The van der Waals surface area contributed by atoms with Crippen LogP contribution in [0.25, 0.3) is 0 Å². The van der Waals surface area contributed by atoms with Crippen LogP contribution in [-0.2, 0) is 6.42 Å². The Bertz CT molecular complexity index is 330. The predicted octanol–water partition coefficient (Wildman–Crippen LogP) is 2.42. The van der Waals surface area contributed by atoms with Gasteiger partial charge in [-0.15, -0.1) is 0 Å². The average molecular weight is 234 g/mol. The number of nitrogens with one attached hydrogen (secondary N) is 1. The highest BCUT2D eigenvalue weighted by Crippen LogP contribution is 2.10. The molecule has 0 radical (unpaired) electrons. The van der Waals surface area contributed by atoms with Crippen LogP contribution < -0.4 is 11.1 Å². The fraction of sp³-hybridized carbons (Fsp3) is 0.600. The summed E-state index contributed by atoms with van der Waals surface area (Å²) < 4.78 is 0. The molecule has 1 atom stereocenters. The summed E-state index contributed by atoms with van der Waals surface area (Å²) in [4.78, 5) is 0. The molecule has 3 N–H and O–H groups in total. The Labute approximate surface area is 106 Å². The van der Waals surface area contributed by atoms with Gasteiger partial charge in [-0.2, -0.15) is 0 Å². The Kier molecular flexibility index (Phi) is 6.23. The molecular formula is C15H26N2. The molecule has 0 saturated heterocycles. The van der Waals surface area contributed by atoms with Crippen LogP contribution in [0.5, 0.6) is 0 Å². The molecule has 0 saturated carbocycles. The van der Waals surface area contributed by atoms with E-state index in [-0.39, 0.29) is 0 Å². The largest absolute Gasteiger partial charge is 0.330 e. The first kappa shape index (κ1) is 14.2. The first-order valence-corrected chi connectivity index (χ1v) is 6.64. The van der Waals surface area contributed by atoms with E-state index < -0.39 is 0 Å². The van der Waals surface area contributed by atoms with Gasteiger partial charge in [-0.05, 0) is 56.9 Å². The zero-order valence-electron chi connectivity index (χ0n) is 11.4. The van der Waals surface area contributed by atoms with Crippen molar-refractivity contribution in [3.8, 4) is 0 Å². The topological polar surface area (TPSA) is 38.0 Å². The van der Waals surface area contributed by atoms with Gasteiger partial charge in [0.2, 0.25) is 0 Å². The highest BCUT2D eigenvalue weighted by atomic mass is 14.9. The van der Waals surface area contributed by atoms with Crippen molar-refractivity contribution in [3.63, 3.8) is 0 Å². The summed E-state index contributed by atoms with van der Waals surface area (Å²) in [7, 11) is 0. The molecule has 2 nitrogen and oxygen atoms in total. The number of aryl methyl sites for hydroxylation is 2. The van der Waals surface area contributed by atoms with Gasteiger partial charge in [-0.25, -0.2) is 0 Å². The van der Waals surface area contributed by atoms with Crippen LogP contribution in [0.1, 0.15) is 30.0 Å². The SMILES string of the molecule is CCC(CN)CNCCc1cc(C)ccc1C. The van der Waals surface area contributed by atoms with E-state index in [1.54, 1.807) is 0 Å². The Morgan fingerprint density at radius 2 is 2.06 bits per heavy atom. The summed E-state index contributed by atoms with van der Waals surface area (Å²) >= 11 is 0. The van der Waals surface area contributed by atoms with Crippen LogP contribution in [0.4, 0.5) is 0 Å². The monoisotopic (exact) mass is 234 g/mol. The van der Waals surface area contributed by atoms with Crippen molar-refractivity contribution in [1.29, 1.82) is 0 Å². The minimum atomic E-state index is 0.619. The van der Waals surface area contributed by atoms with E-state index in [1.807, 2.05) is 0 Å². The molecule has 0 bridgehead atoms. The average Bonchev–Trinajstić information content (AvgIpc) is 2.33. The van der Waals surface area contributed by atoms with E-state index in [0.29, 0.717) is 5.92 Å². The second-order valence-electron chi connectivity index (χ2n) is 4.89. The predicted molar refractivity (Wildman–Crippen MR) is 75.3 cm³/mol. The summed E-state index contributed by atoms with van der Waals surface area (Å²) in [6, 6.07) is 6.67. The first-order chi connectivity index (χ1) is 8.17. The van der Waals surface area contributed by atoms with Gasteiger partial charge >= 0.3 is 0 Å². The molecule has 96 valence electrons. The summed E-state index contributed by atoms with van der Waals surface area (Å²) in [5, 5.41) is 3.50. The van der Waals surface area contributed by atoms with Crippen LogP contribution in [0.3, 0.4) is 0 Å². The summed E-state index contributed by atoms with van der Waals surface area (Å²) in [6.45, 7) is 9.40. The van der Waals surface area contributed by atoms with Gasteiger partial charge in [-0.1, -0.05) is 37.1 Å². The lowest BCUT2D eigenvalue weighted by Gasteiger charge is -2.13. The number of benzene rings is 1. The minimum absolute atomic E-state index is 0.619. The van der Waals surface area contributed by atoms with Gasteiger partial charge in [0.15, 0.2) is 0 Å². The van der Waals surface area contributed by atoms with E-state index >= 15 is 0 Å². The van der Waals surface area contributed by atoms with Crippen LogP contribution in [-0.4, -0.2) is 19.6 Å². The van der Waals surface area contributed by atoms with Crippen molar-refractivity contribution in [3.05, 3.63) is 34.9 Å². The summed E-state index contributed by atoms with van der Waals surface area (Å²) in [5.74, 6) is 0.619. The zero-order valence-corrected chi connectivity index (χ0v) is 11.4. The third-order valence-electron chi connectivity index (χ3n) is 3.42. The molecule has 1 aromatic carbocycles. The second-order valence-corrected chi connectivity index (χ2v) is 4.89. The van der Waals surface area contributed by atoms with Crippen molar-refractivity contribution in [2.45, 2.75) is 33.6 Å². The molecule has 0 heterocycles. The van der Waals surface area contributed by atoms with E-state index in [9.17, 15) is 0 Å². The molecule has 1 rings (SSSR count). The van der Waals surface area contributed by atoms with Gasteiger partial charge < -0.3 is 11.1 Å². The maximum Gasteiger partial charge on any atom is -0.000812 e. The molecule has 17 heavy (non-hydrogen) atoms. The second kappa shape index (κ2) is 7.46. The van der Waals surface area contributed by atoms with E-state index in [0.717, 1.165) is 32.5 Å². The Hall–Kier alpha value is -0.860. The lowest BCUT2D eigenvalue weighted by Crippen LogP contribution is -2.29. The molecule has 0 amide bonds. The summed E-state index contributed by atoms with van der Waals surface area (Å²) in [6.07, 6.45) is 2.27. The van der Waals surface area contributed by atoms with Gasteiger partial charge in [0.1, 0.15) is 0 Å². The van der Waals surface area contributed by atoms with Crippen molar-refractivity contribution in [1.82, 2.24) is 5.32 Å². The van der Waals surface area contributed by atoms with E-state index in [2.05, 4.69) is 44.3 Å². The highest BCUT2D eigenvalue weighted by Gasteiger charge is 2.03. The fourth-order valence-corrected chi connectivity index (χ4v) is 1.99. The molecule has 0 aromatic heterocycles. The molecule has 0 fully saturated rings. The number of hydrogen-bond donors (Lipinski definition) is 2. The maximum absolute atomic E-state index is 5.68. The van der Waals surface area contributed by atoms with E-state index in [4.69, 9.17) is 5.73 Å². The number of nitrogens with two attached hydrogens (primary N) is 1. The highest BCUT2D eigenvalue weighted by molar-refractivity contribution is 5.30. The molecular weight excluding hydrogens is 208 g/mol. The molecule has 1 aromatic rings. The van der Waals surface area contributed by atoms with Crippen molar-refractivity contribution < 1.29 is 0 Å². The van der Waals surface area contributed by atoms with Gasteiger partial charge in [0.05, 0.1) is 0 Å². The van der Waals surface area contributed by atoms with Crippen LogP contribution in [0, 0.1) is 19.8 Å². The number of rotatable bonds is 7. The van der Waals surface area contributed by atoms with Crippen molar-refractivity contribution in [2.75, 3.05) is 19.6 Å². The first-order valence-electron chi connectivity index (χ1n) is 6.64. The molecule has 0 spiro atoms. The van der Waals surface area contributed by atoms with Gasteiger partial charge in [-0.3, -0.25) is 0 Å². The molecule has 0 aliphatic heterocycles. The Morgan fingerprint density at radius 3 is 2.71 bits per heavy atom. The smallest absolute Gasteiger partial charge is 0.000812 e. The minimum Gasteiger partial charge on any atom is -0.330 e. The molecule has 0 aliphatic rings. The van der Waals surface area contributed by atoms with Crippen LogP contribution >= 0.6 is 0 Å². The summed E-state index contributed by atoms with van der Waals surface area (Å²) in [5.41, 5.74) is 9.88. The molecule has 2 heteroatoms. The number of hydrogen-bond acceptors (Lipinski definition) is 2. The zero-order chi connectivity index (χ0) is 12.7. The Balaban J connectivity index is 2.33. The Morgan fingerprint density at radius 1 is 1.29 bits per heavy atom. The van der Waals surface area contributed by atoms with Crippen LogP contribution in [0.2, 0.25) is 0 Å². The molecule has 0 aliphatic carbocycles. The lowest BCUT2D eigenvalue weighted by atomic mass is 10.0. The van der Waals surface area contributed by atoms with Gasteiger partial charge in [0, 0.05) is 0 Å². The maximum atomic E-state index is 5.68. The lowest BCUT2D eigenvalue weighted by molar-refractivity contribution is 0.473. The third kappa shape index (κ3) is 4.88.